The number of benzene rings is 1. The summed E-state index contributed by atoms with van der Waals surface area (Å²) < 4.78 is 5.58. The fraction of sp³-hybridized carbons (Fsp3) is 0.650. The van der Waals surface area contributed by atoms with Crippen LogP contribution in [0.2, 0.25) is 0 Å². The highest BCUT2D eigenvalue weighted by atomic mass is 16.5. The Balaban J connectivity index is 1.70. The van der Waals surface area contributed by atoms with Gasteiger partial charge in [-0.2, -0.15) is 0 Å². The van der Waals surface area contributed by atoms with E-state index >= 15 is 0 Å². The lowest BCUT2D eigenvalue weighted by Crippen LogP contribution is -2.39. The van der Waals surface area contributed by atoms with Gasteiger partial charge < -0.3 is 15.4 Å². The zero-order valence-electron chi connectivity index (χ0n) is 15.4. The smallest absolute Gasteiger partial charge is 0.246 e. The number of amides is 1. The highest BCUT2D eigenvalue weighted by Crippen LogP contribution is 2.22. The molecular formula is C20H32N2O2. The van der Waals surface area contributed by atoms with Crippen LogP contribution in [0.5, 0.6) is 0 Å². The lowest BCUT2D eigenvalue weighted by atomic mass is 9.84. The fourth-order valence-corrected chi connectivity index (χ4v) is 3.05. The quantitative estimate of drug-likeness (QED) is 0.769. The van der Waals surface area contributed by atoms with Gasteiger partial charge in [0.25, 0.3) is 0 Å². The van der Waals surface area contributed by atoms with Gasteiger partial charge in [-0.15, -0.1) is 0 Å². The van der Waals surface area contributed by atoms with Crippen molar-refractivity contribution in [3.63, 3.8) is 0 Å². The molecule has 1 atom stereocenters. The van der Waals surface area contributed by atoms with Gasteiger partial charge in [0, 0.05) is 18.5 Å². The molecule has 1 aliphatic rings. The first-order chi connectivity index (χ1) is 11.5. The van der Waals surface area contributed by atoms with Gasteiger partial charge in [-0.3, -0.25) is 4.79 Å². The van der Waals surface area contributed by atoms with Crippen molar-refractivity contribution in [2.45, 2.75) is 45.4 Å². The van der Waals surface area contributed by atoms with E-state index in [2.05, 4.69) is 55.7 Å². The lowest BCUT2D eigenvalue weighted by molar-refractivity contribution is -0.126. The van der Waals surface area contributed by atoms with Gasteiger partial charge in [0.2, 0.25) is 5.91 Å². The molecule has 2 N–H and O–H groups in total. The van der Waals surface area contributed by atoms with Crippen LogP contribution in [-0.2, 0) is 21.4 Å². The Kier molecular flexibility index (Phi) is 7.25. The highest BCUT2D eigenvalue weighted by molar-refractivity contribution is 5.77. The molecule has 4 nitrogen and oxygen atoms in total. The largest absolute Gasteiger partial charge is 0.371 e. The summed E-state index contributed by atoms with van der Waals surface area (Å²) in [4.78, 5) is 12.0. The van der Waals surface area contributed by atoms with E-state index in [1.54, 1.807) is 0 Å². The molecule has 0 spiro atoms. The van der Waals surface area contributed by atoms with E-state index in [1.807, 2.05) is 0 Å². The second-order valence-electron chi connectivity index (χ2n) is 7.44. The van der Waals surface area contributed by atoms with Crippen molar-refractivity contribution in [2.24, 2.45) is 5.92 Å². The maximum Gasteiger partial charge on any atom is 0.246 e. The van der Waals surface area contributed by atoms with Crippen molar-refractivity contribution in [3.05, 3.63) is 35.4 Å². The maximum atomic E-state index is 12.0. The molecule has 1 aliphatic heterocycles. The molecular weight excluding hydrogens is 300 g/mol. The highest BCUT2D eigenvalue weighted by Gasteiger charge is 2.21. The average molecular weight is 332 g/mol. The first-order valence-corrected chi connectivity index (χ1v) is 9.16. The Morgan fingerprint density at radius 1 is 1.33 bits per heavy atom. The summed E-state index contributed by atoms with van der Waals surface area (Å²) in [6.07, 6.45) is 3.44. The third kappa shape index (κ3) is 5.91. The molecule has 0 radical (unpaired) electrons. The van der Waals surface area contributed by atoms with Crippen molar-refractivity contribution in [2.75, 3.05) is 32.8 Å². The van der Waals surface area contributed by atoms with Gasteiger partial charge >= 0.3 is 0 Å². The number of hydrogen-bond acceptors (Lipinski definition) is 3. The number of aryl methyl sites for hydroxylation is 1. The average Bonchev–Trinajstić information content (AvgIpc) is 2.61. The predicted molar refractivity (Wildman–Crippen MR) is 98.3 cm³/mol. The van der Waals surface area contributed by atoms with Gasteiger partial charge in [0.15, 0.2) is 0 Å². The number of carbonyl (C=O) groups is 1. The number of carbonyl (C=O) groups excluding carboxylic acids is 1. The Labute approximate surface area is 146 Å². The summed E-state index contributed by atoms with van der Waals surface area (Å²) in [5, 5.41) is 6.37. The van der Waals surface area contributed by atoms with Gasteiger partial charge in [0.05, 0.1) is 6.61 Å². The van der Waals surface area contributed by atoms with Crippen molar-refractivity contribution in [3.8, 4) is 0 Å². The molecule has 4 heteroatoms. The summed E-state index contributed by atoms with van der Waals surface area (Å²) in [6, 6.07) is 8.66. The van der Waals surface area contributed by atoms with Crippen LogP contribution in [0, 0.1) is 5.92 Å². The Hall–Kier alpha value is -1.39. The normalized spacial score (nSPS) is 18.4. The first-order valence-electron chi connectivity index (χ1n) is 9.16. The Morgan fingerprint density at radius 3 is 2.71 bits per heavy atom. The van der Waals surface area contributed by atoms with Crippen LogP contribution in [0.25, 0.3) is 0 Å². The van der Waals surface area contributed by atoms with Gasteiger partial charge in [-0.25, -0.2) is 0 Å². The van der Waals surface area contributed by atoms with E-state index in [9.17, 15) is 4.79 Å². The van der Waals surface area contributed by atoms with Crippen LogP contribution in [-0.4, -0.2) is 38.8 Å². The molecule has 1 amide bonds. The molecule has 1 saturated heterocycles. The summed E-state index contributed by atoms with van der Waals surface area (Å²) >= 11 is 0. The van der Waals surface area contributed by atoms with Crippen molar-refractivity contribution in [1.82, 2.24) is 10.6 Å². The van der Waals surface area contributed by atoms with E-state index in [4.69, 9.17) is 4.74 Å². The van der Waals surface area contributed by atoms with Gasteiger partial charge in [-0.05, 0) is 42.9 Å². The first kappa shape index (κ1) is 18.9. The van der Waals surface area contributed by atoms with Crippen LogP contribution in [0.15, 0.2) is 24.3 Å². The minimum Gasteiger partial charge on any atom is -0.371 e. The van der Waals surface area contributed by atoms with E-state index in [0.29, 0.717) is 19.1 Å². The number of ether oxygens (including phenoxy) is 1. The van der Waals surface area contributed by atoms with E-state index in [1.165, 1.54) is 24.0 Å². The van der Waals surface area contributed by atoms with E-state index in [-0.39, 0.29) is 17.9 Å². The lowest BCUT2D eigenvalue weighted by Gasteiger charge is -2.26. The SMILES string of the molecule is CCc1ccc(C(C)(C)CNC(=O)COC[C@@H]2CCCNC2)cc1. The number of piperidine rings is 1. The molecule has 24 heavy (non-hydrogen) atoms. The monoisotopic (exact) mass is 332 g/mol. The summed E-state index contributed by atoms with van der Waals surface area (Å²) in [5.41, 5.74) is 2.49. The third-order valence-electron chi connectivity index (χ3n) is 4.86. The zero-order chi connectivity index (χ0) is 17.4. The second kappa shape index (κ2) is 9.19. The van der Waals surface area contributed by atoms with Crippen LogP contribution in [0.3, 0.4) is 0 Å². The van der Waals surface area contributed by atoms with Crippen LogP contribution in [0.1, 0.15) is 44.7 Å². The van der Waals surface area contributed by atoms with Gasteiger partial charge in [0.1, 0.15) is 6.61 Å². The van der Waals surface area contributed by atoms with Crippen LogP contribution in [0.4, 0.5) is 0 Å². The molecule has 0 aromatic heterocycles. The number of nitrogens with one attached hydrogen (secondary N) is 2. The fourth-order valence-electron chi connectivity index (χ4n) is 3.05. The van der Waals surface area contributed by atoms with Gasteiger partial charge in [-0.1, -0.05) is 45.0 Å². The van der Waals surface area contributed by atoms with Crippen LogP contribution >= 0.6 is 0 Å². The molecule has 1 fully saturated rings. The van der Waals surface area contributed by atoms with E-state index < -0.39 is 0 Å². The molecule has 1 aromatic rings. The molecule has 0 saturated carbocycles. The standard InChI is InChI=1S/C20H32N2O2/c1-4-16-7-9-18(10-8-16)20(2,3)15-22-19(23)14-24-13-17-6-5-11-21-12-17/h7-10,17,21H,4-6,11-15H2,1-3H3,(H,22,23)/t17-/m1/s1. The number of rotatable bonds is 8. The van der Waals surface area contributed by atoms with E-state index in [0.717, 1.165) is 19.5 Å². The summed E-state index contributed by atoms with van der Waals surface area (Å²) in [6.45, 7) is 10.0. The molecule has 2 rings (SSSR count). The van der Waals surface area contributed by atoms with Crippen molar-refractivity contribution >= 4 is 5.91 Å². The molecule has 0 aliphatic carbocycles. The molecule has 0 bridgehead atoms. The minimum atomic E-state index is -0.0881. The Morgan fingerprint density at radius 2 is 2.08 bits per heavy atom. The predicted octanol–water partition coefficient (Wildman–Crippen LogP) is 2.66. The topological polar surface area (TPSA) is 50.4 Å². The molecule has 1 heterocycles. The molecule has 0 unspecified atom stereocenters. The third-order valence-corrected chi connectivity index (χ3v) is 4.86. The van der Waals surface area contributed by atoms with Crippen molar-refractivity contribution in [1.29, 1.82) is 0 Å². The summed E-state index contributed by atoms with van der Waals surface area (Å²) in [7, 11) is 0. The van der Waals surface area contributed by atoms with Crippen LogP contribution < -0.4 is 10.6 Å². The zero-order valence-corrected chi connectivity index (χ0v) is 15.4. The second-order valence-corrected chi connectivity index (χ2v) is 7.44. The molecule has 1 aromatic carbocycles. The Bertz CT molecular complexity index is 505. The minimum absolute atomic E-state index is 0.0305. The van der Waals surface area contributed by atoms with Crippen molar-refractivity contribution < 1.29 is 9.53 Å². The number of hydrogen-bond donors (Lipinski definition) is 2. The maximum absolute atomic E-state index is 12.0. The summed E-state index contributed by atoms with van der Waals surface area (Å²) in [5.74, 6) is 0.511. The molecule has 134 valence electrons.